The van der Waals surface area contributed by atoms with Crippen molar-refractivity contribution in [3.05, 3.63) is 29.3 Å². The van der Waals surface area contributed by atoms with Crippen LogP contribution in [0.25, 0.3) is 0 Å². The molecule has 1 aliphatic carbocycles. The van der Waals surface area contributed by atoms with Crippen molar-refractivity contribution in [3.8, 4) is 5.75 Å². The Morgan fingerprint density at radius 2 is 2.36 bits per heavy atom. The predicted octanol–water partition coefficient (Wildman–Crippen LogP) is 2.02. The van der Waals surface area contributed by atoms with Gasteiger partial charge in [0.1, 0.15) is 5.75 Å². The summed E-state index contributed by atoms with van der Waals surface area (Å²) in [4.78, 5) is 0. The third kappa shape index (κ3) is 1.50. The first-order valence-electron chi connectivity index (χ1n) is 5.24. The van der Waals surface area contributed by atoms with Crippen molar-refractivity contribution in [3.63, 3.8) is 0 Å². The molecule has 0 radical (unpaired) electrons. The molecule has 0 fully saturated rings. The number of aromatic hydroxyl groups is 1. The van der Waals surface area contributed by atoms with Gasteiger partial charge in [0.2, 0.25) is 0 Å². The van der Waals surface area contributed by atoms with Crippen LogP contribution in [0.5, 0.6) is 5.75 Å². The van der Waals surface area contributed by atoms with Crippen LogP contribution in [0.1, 0.15) is 30.4 Å². The van der Waals surface area contributed by atoms with Crippen molar-refractivity contribution in [2.24, 2.45) is 11.7 Å². The second-order valence-corrected chi connectivity index (χ2v) is 4.24. The number of nitrogens with two attached hydrogens (primary N) is 1. The largest absolute Gasteiger partial charge is 0.508 e. The van der Waals surface area contributed by atoms with Gasteiger partial charge in [0.15, 0.2) is 0 Å². The molecule has 0 bridgehead atoms. The summed E-state index contributed by atoms with van der Waals surface area (Å²) in [7, 11) is 0. The standard InChI is InChI=1S/C12H17NO/c1-8(7-13)11-4-2-9-6-10(14)3-5-12(9)11/h3,5-6,8,11,14H,2,4,7,13H2,1H3. The Balaban J connectivity index is 2.31. The summed E-state index contributed by atoms with van der Waals surface area (Å²) >= 11 is 0. The molecular weight excluding hydrogens is 174 g/mol. The normalized spacial score (nSPS) is 22.0. The van der Waals surface area contributed by atoms with Crippen LogP contribution in [0, 0.1) is 5.92 Å². The van der Waals surface area contributed by atoms with E-state index >= 15 is 0 Å². The summed E-state index contributed by atoms with van der Waals surface area (Å²) in [6.45, 7) is 2.94. The summed E-state index contributed by atoms with van der Waals surface area (Å²) in [5.41, 5.74) is 8.38. The molecular formula is C12H17NO. The van der Waals surface area contributed by atoms with E-state index < -0.39 is 0 Å². The lowest BCUT2D eigenvalue weighted by molar-refractivity contribution is 0.465. The zero-order chi connectivity index (χ0) is 10.1. The first kappa shape index (κ1) is 9.53. The van der Waals surface area contributed by atoms with Gasteiger partial charge in [-0.15, -0.1) is 0 Å². The zero-order valence-corrected chi connectivity index (χ0v) is 8.53. The lowest BCUT2D eigenvalue weighted by Crippen LogP contribution is -2.17. The zero-order valence-electron chi connectivity index (χ0n) is 8.53. The fraction of sp³-hybridized carbons (Fsp3) is 0.500. The fourth-order valence-electron chi connectivity index (χ4n) is 2.39. The molecule has 0 aliphatic heterocycles. The highest BCUT2D eigenvalue weighted by atomic mass is 16.3. The number of rotatable bonds is 2. The monoisotopic (exact) mass is 191 g/mol. The van der Waals surface area contributed by atoms with E-state index in [0.717, 1.165) is 13.0 Å². The van der Waals surface area contributed by atoms with Crippen LogP contribution in [-0.2, 0) is 6.42 Å². The summed E-state index contributed by atoms with van der Waals surface area (Å²) < 4.78 is 0. The van der Waals surface area contributed by atoms with Crippen molar-refractivity contribution in [2.75, 3.05) is 6.54 Å². The Kier molecular flexibility index (Phi) is 2.46. The Bertz CT molecular complexity index is 335. The maximum Gasteiger partial charge on any atom is 0.115 e. The van der Waals surface area contributed by atoms with Crippen molar-refractivity contribution >= 4 is 0 Å². The summed E-state index contributed by atoms with van der Waals surface area (Å²) in [6, 6.07) is 5.72. The van der Waals surface area contributed by atoms with Gasteiger partial charge in [-0.1, -0.05) is 13.0 Å². The lowest BCUT2D eigenvalue weighted by atomic mass is 9.89. The molecule has 2 unspecified atom stereocenters. The number of aryl methyl sites for hydroxylation is 1. The molecule has 14 heavy (non-hydrogen) atoms. The minimum atomic E-state index is 0.379. The molecule has 1 aromatic rings. The van der Waals surface area contributed by atoms with Gasteiger partial charge in [0, 0.05) is 0 Å². The van der Waals surface area contributed by atoms with E-state index in [1.54, 1.807) is 6.07 Å². The Labute approximate surface area is 84.7 Å². The highest BCUT2D eigenvalue weighted by Gasteiger charge is 2.26. The smallest absolute Gasteiger partial charge is 0.115 e. The van der Waals surface area contributed by atoms with Gasteiger partial charge in [-0.25, -0.2) is 0 Å². The second kappa shape index (κ2) is 3.62. The molecule has 2 rings (SSSR count). The molecule has 0 saturated carbocycles. The van der Waals surface area contributed by atoms with E-state index in [1.165, 1.54) is 17.5 Å². The van der Waals surface area contributed by atoms with Gasteiger partial charge in [-0.3, -0.25) is 0 Å². The van der Waals surface area contributed by atoms with Crippen LogP contribution in [0.2, 0.25) is 0 Å². The van der Waals surface area contributed by atoms with Crippen LogP contribution in [-0.4, -0.2) is 11.7 Å². The molecule has 0 amide bonds. The Morgan fingerprint density at radius 3 is 3.07 bits per heavy atom. The van der Waals surface area contributed by atoms with E-state index in [4.69, 9.17) is 5.73 Å². The maximum absolute atomic E-state index is 9.35. The lowest BCUT2D eigenvalue weighted by Gasteiger charge is -2.18. The average Bonchev–Trinajstić information content (AvgIpc) is 2.59. The van der Waals surface area contributed by atoms with Crippen molar-refractivity contribution in [1.29, 1.82) is 0 Å². The van der Waals surface area contributed by atoms with Crippen molar-refractivity contribution in [2.45, 2.75) is 25.7 Å². The molecule has 1 aliphatic rings. The number of phenols is 1. The minimum Gasteiger partial charge on any atom is -0.508 e. The van der Waals surface area contributed by atoms with E-state index in [-0.39, 0.29) is 0 Å². The highest BCUT2D eigenvalue weighted by molar-refractivity contribution is 5.40. The van der Waals surface area contributed by atoms with E-state index in [1.807, 2.05) is 6.07 Å². The number of hydrogen-bond donors (Lipinski definition) is 2. The minimum absolute atomic E-state index is 0.379. The molecule has 1 aromatic carbocycles. The van der Waals surface area contributed by atoms with Gasteiger partial charge in [0.25, 0.3) is 0 Å². The van der Waals surface area contributed by atoms with Gasteiger partial charge in [-0.05, 0) is 54.5 Å². The SMILES string of the molecule is CC(CN)C1CCc2cc(O)ccc21. The number of phenolic OH excluding ortho intramolecular Hbond substituents is 1. The molecule has 0 aromatic heterocycles. The summed E-state index contributed by atoms with van der Waals surface area (Å²) in [6.07, 6.45) is 2.26. The van der Waals surface area contributed by atoms with Crippen LogP contribution < -0.4 is 5.73 Å². The Hall–Kier alpha value is -1.02. The average molecular weight is 191 g/mol. The van der Waals surface area contributed by atoms with Crippen LogP contribution in [0.4, 0.5) is 0 Å². The van der Waals surface area contributed by atoms with Crippen molar-refractivity contribution in [1.82, 2.24) is 0 Å². The fourth-order valence-corrected chi connectivity index (χ4v) is 2.39. The second-order valence-electron chi connectivity index (χ2n) is 4.24. The molecule has 2 atom stereocenters. The number of fused-ring (bicyclic) bond motifs is 1. The van der Waals surface area contributed by atoms with E-state index in [2.05, 4.69) is 13.0 Å². The first-order valence-corrected chi connectivity index (χ1v) is 5.24. The molecule has 76 valence electrons. The van der Waals surface area contributed by atoms with Crippen LogP contribution in [0.3, 0.4) is 0 Å². The maximum atomic E-state index is 9.35. The topological polar surface area (TPSA) is 46.2 Å². The van der Waals surface area contributed by atoms with Gasteiger partial charge < -0.3 is 10.8 Å². The molecule has 2 heteroatoms. The Morgan fingerprint density at radius 1 is 1.57 bits per heavy atom. The first-order chi connectivity index (χ1) is 6.72. The van der Waals surface area contributed by atoms with Gasteiger partial charge in [0.05, 0.1) is 0 Å². The highest BCUT2D eigenvalue weighted by Crippen LogP contribution is 2.39. The third-order valence-corrected chi connectivity index (χ3v) is 3.31. The molecule has 0 spiro atoms. The molecule has 0 heterocycles. The quantitative estimate of drug-likeness (QED) is 0.751. The summed E-state index contributed by atoms with van der Waals surface area (Å²) in [5.74, 6) is 1.51. The molecule has 3 N–H and O–H groups in total. The van der Waals surface area contributed by atoms with E-state index in [0.29, 0.717) is 17.6 Å². The number of benzene rings is 1. The van der Waals surface area contributed by atoms with Gasteiger partial charge >= 0.3 is 0 Å². The molecule has 0 saturated heterocycles. The van der Waals surface area contributed by atoms with Crippen LogP contribution in [0.15, 0.2) is 18.2 Å². The van der Waals surface area contributed by atoms with E-state index in [9.17, 15) is 5.11 Å². The predicted molar refractivity (Wildman–Crippen MR) is 57.4 cm³/mol. The van der Waals surface area contributed by atoms with Crippen LogP contribution >= 0.6 is 0 Å². The third-order valence-electron chi connectivity index (χ3n) is 3.31. The van der Waals surface area contributed by atoms with Crippen molar-refractivity contribution < 1.29 is 5.11 Å². The summed E-state index contributed by atoms with van der Waals surface area (Å²) in [5, 5.41) is 9.35. The molecule has 2 nitrogen and oxygen atoms in total. The number of hydrogen-bond acceptors (Lipinski definition) is 2. The van der Waals surface area contributed by atoms with Gasteiger partial charge in [-0.2, -0.15) is 0 Å².